The van der Waals surface area contributed by atoms with Crippen LogP contribution in [0.15, 0.2) is 35.7 Å². The van der Waals surface area contributed by atoms with Crippen LogP contribution < -0.4 is 4.74 Å². The molecule has 0 saturated carbocycles. The second kappa shape index (κ2) is 7.33. The van der Waals surface area contributed by atoms with Crippen LogP contribution in [0.2, 0.25) is 0 Å². The molecule has 1 aromatic carbocycles. The maximum Gasteiger partial charge on any atom is 0.180 e. The number of hydrogen-bond acceptors (Lipinski definition) is 4. The number of likely N-dealkylation sites (N-methyl/N-ethyl adjacent to an activating group) is 1. The molecular weight excluding hydrogens is 289 g/mol. The van der Waals surface area contributed by atoms with E-state index in [9.17, 15) is 9.18 Å². The molecule has 112 valence electrons. The van der Waals surface area contributed by atoms with Crippen LogP contribution in [0, 0.1) is 5.82 Å². The average molecular weight is 307 g/mol. The third-order valence-electron chi connectivity index (χ3n) is 3.24. The van der Waals surface area contributed by atoms with E-state index in [1.54, 1.807) is 11.3 Å². The number of benzene rings is 1. The first-order valence-electron chi connectivity index (χ1n) is 6.75. The Hall–Kier alpha value is -1.72. The summed E-state index contributed by atoms with van der Waals surface area (Å²) in [6.07, 6.45) is 0. The molecule has 0 saturated heterocycles. The van der Waals surface area contributed by atoms with Gasteiger partial charge in [0.25, 0.3) is 0 Å². The predicted molar refractivity (Wildman–Crippen MR) is 82.6 cm³/mol. The van der Waals surface area contributed by atoms with Crippen molar-refractivity contribution in [1.29, 1.82) is 0 Å². The summed E-state index contributed by atoms with van der Waals surface area (Å²) in [5, 5.41) is 2.01. The number of ketones is 1. The lowest BCUT2D eigenvalue weighted by Gasteiger charge is -2.19. The number of rotatable bonds is 7. The van der Waals surface area contributed by atoms with Gasteiger partial charge in [0.2, 0.25) is 0 Å². The zero-order valence-corrected chi connectivity index (χ0v) is 13.0. The number of hydrogen-bond donors (Lipinski definition) is 0. The lowest BCUT2D eigenvalue weighted by Crippen LogP contribution is -2.29. The minimum absolute atomic E-state index is 0.134. The van der Waals surface area contributed by atoms with Crippen LogP contribution in [0.25, 0.3) is 0 Å². The molecule has 1 heterocycles. The molecule has 0 unspecified atom stereocenters. The Labute approximate surface area is 128 Å². The first-order chi connectivity index (χ1) is 10.1. The summed E-state index contributed by atoms with van der Waals surface area (Å²) in [7, 11) is 1.48. The average Bonchev–Trinajstić information content (AvgIpc) is 2.99. The third kappa shape index (κ3) is 4.12. The van der Waals surface area contributed by atoms with Gasteiger partial charge in [0.05, 0.1) is 19.2 Å². The van der Waals surface area contributed by atoms with Crippen molar-refractivity contribution in [2.24, 2.45) is 0 Å². The largest absolute Gasteiger partial charge is 0.496 e. The maximum absolute atomic E-state index is 13.3. The van der Waals surface area contributed by atoms with Gasteiger partial charge in [-0.3, -0.25) is 9.69 Å². The van der Waals surface area contributed by atoms with Crippen LogP contribution in [0.5, 0.6) is 5.75 Å². The van der Waals surface area contributed by atoms with Gasteiger partial charge in [-0.05, 0) is 36.2 Å². The van der Waals surface area contributed by atoms with Crippen LogP contribution in [0.4, 0.5) is 4.39 Å². The Bertz CT molecular complexity index is 598. The fraction of sp³-hybridized carbons (Fsp3) is 0.312. The molecule has 3 nitrogen and oxygen atoms in total. The second-order valence-electron chi connectivity index (χ2n) is 4.65. The Morgan fingerprint density at radius 2 is 2.19 bits per heavy atom. The molecule has 5 heteroatoms. The predicted octanol–water partition coefficient (Wildman–Crippen LogP) is 3.60. The normalized spacial score (nSPS) is 10.9. The number of carbonyl (C=O) groups is 1. The van der Waals surface area contributed by atoms with E-state index in [0.29, 0.717) is 11.3 Å². The minimum atomic E-state index is -0.430. The van der Waals surface area contributed by atoms with Gasteiger partial charge in [-0.1, -0.05) is 13.0 Å². The standard InChI is InChI=1S/C16H18FNO2S/c1-3-18(10-13-5-4-8-21-13)11-15(19)14-9-12(17)6-7-16(14)20-2/h4-9H,3,10-11H2,1-2H3. The Morgan fingerprint density at radius 1 is 1.38 bits per heavy atom. The molecule has 2 rings (SSSR count). The zero-order valence-electron chi connectivity index (χ0n) is 12.1. The van der Waals surface area contributed by atoms with Crippen molar-refractivity contribution in [3.8, 4) is 5.75 Å². The van der Waals surface area contributed by atoms with Gasteiger partial charge in [-0.15, -0.1) is 11.3 Å². The topological polar surface area (TPSA) is 29.5 Å². The fourth-order valence-electron chi connectivity index (χ4n) is 2.09. The molecule has 0 aliphatic heterocycles. The molecule has 0 radical (unpaired) electrons. The number of carbonyl (C=O) groups excluding carboxylic acids is 1. The summed E-state index contributed by atoms with van der Waals surface area (Å²) in [5.74, 6) is -0.154. The molecule has 21 heavy (non-hydrogen) atoms. The van der Waals surface area contributed by atoms with Crippen LogP contribution in [0.1, 0.15) is 22.2 Å². The number of halogens is 1. The zero-order chi connectivity index (χ0) is 15.2. The molecule has 0 aliphatic rings. The molecule has 1 aromatic heterocycles. The Balaban J connectivity index is 2.10. The highest BCUT2D eigenvalue weighted by Crippen LogP contribution is 2.21. The molecule has 0 spiro atoms. The van der Waals surface area contributed by atoms with Gasteiger partial charge in [-0.25, -0.2) is 4.39 Å². The number of ether oxygens (including phenoxy) is 1. The van der Waals surface area contributed by atoms with Gasteiger partial charge < -0.3 is 4.74 Å². The van der Waals surface area contributed by atoms with Crippen molar-refractivity contribution in [3.05, 3.63) is 52.0 Å². The van der Waals surface area contributed by atoms with Crippen LogP contribution in [-0.2, 0) is 6.54 Å². The van der Waals surface area contributed by atoms with E-state index in [-0.39, 0.29) is 12.3 Å². The monoisotopic (exact) mass is 307 g/mol. The van der Waals surface area contributed by atoms with Crippen molar-refractivity contribution in [1.82, 2.24) is 4.90 Å². The highest BCUT2D eigenvalue weighted by atomic mass is 32.1. The number of thiophene rings is 1. The minimum Gasteiger partial charge on any atom is -0.496 e. The van der Waals surface area contributed by atoms with Crippen molar-refractivity contribution in [2.75, 3.05) is 20.2 Å². The van der Waals surface area contributed by atoms with Gasteiger partial charge in [0, 0.05) is 11.4 Å². The van der Waals surface area contributed by atoms with Crippen LogP contribution in [0.3, 0.4) is 0 Å². The van der Waals surface area contributed by atoms with Gasteiger partial charge in [-0.2, -0.15) is 0 Å². The number of Topliss-reactive ketones (excluding diaryl/α,β-unsaturated/α-hetero) is 1. The van der Waals surface area contributed by atoms with Crippen molar-refractivity contribution in [2.45, 2.75) is 13.5 Å². The Kier molecular flexibility index (Phi) is 5.47. The van der Waals surface area contributed by atoms with E-state index in [1.807, 2.05) is 29.3 Å². The lowest BCUT2D eigenvalue weighted by molar-refractivity contribution is 0.0926. The van der Waals surface area contributed by atoms with E-state index in [0.717, 1.165) is 13.1 Å². The first-order valence-corrected chi connectivity index (χ1v) is 7.63. The Morgan fingerprint density at radius 3 is 2.81 bits per heavy atom. The van der Waals surface area contributed by atoms with E-state index in [2.05, 4.69) is 0 Å². The van der Waals surface area contributed by atoms with E-state index in [1.165, 1.54) is 30.2 Å². The highest BCUT2D eigenvalue weighted by Gasteiger charge is 2.17. The summed E-state index contributed by atoms with van der Waals surface area (Å²) >= 11 is 1.66. The van der Waals surface area contributed by atoms with Crippen LogP contribution >= 0.6 is 11.3 Å². The summed E-state index contributed by atoms with van der Waals surface area (Å²) < 4.78 is 18.5. The summed E-state index contributed by atoms with van der Waals surface area (Å²) in [5.41, 5.74) is 0.294. The summed E-state index contributed by atoms with van der Waals surface area (Å²) in [4.78, 5) is 15.6. The maximum atomic E-state index is 13.3. The lowest BCUT2D eigenvalue weighted by atomic mass is 10.1. The van der Waals surface area contributed by atoms with E-state index in [4.69, 9.17) is 4.74 Å². The first kappa shape index (κ1) is 15.7. The smallest absolute Gasteiger partial charge is 0.180 e. The number of nitrogens with zero attached hydrogens (tertiary/aromatic N) is 1. The van der Waals surface area contributed by atoms with Crippen molar-refractivity contribution in [3.63, 3.8) is 0 Å². The summed E-state index contributed by atoms with van der Waals surface area (Å²) in [6, 6.07) is 8.04. The van der Waals surface area contributed by atoms with Gasteiger partial charge in [0.15, 0.2) is 5.78 Å². The van der Waals surface area contributed by atoms with Crippen LogP contribution in [-0.4, -0.2) is 30.9 Å². The van der Waals surface area contributed by atoms with Crippen molar-refractivity contribution >= 4 is 17.1 Å². The van der Waals surface area contributed by atoms with E-state index < -0.39 is 5.82 Å². The molecule has 0 N–H and O–H groups in total. The molecule has 0 fully saturated rings. The molecule has 0 bridgehead atoms. The quantitative estimate of drug-likeness (QED) is 0.732. The SMILES string of the molecule is CCN(CC(=O)c1cc(F)ccc1OC)Cc1cccs1. The third-order valence-corrected chi connectivity index (χ3v) is 4.10. The molecule has 0 aliphatic carbocycles. The van der Waals surface area contributed by atoms with E-state index >= 15 is 0 Å². The van der Waals surface area contributed by atoms with Gasteiger partial charge >= 0.3 is 0 Å². The molecular formula is C16H18FNO2S. The highest BCUT2D eigenvalue weighted by molar-refractivity contribution is 7.09. The summed E-state index contributed by atoms with van der Waals surface area (Å²) in [6.45, 7) is 3.72. The molecule has 0 amide bonds. The fourth-order valence-corrected chi connectivity index (χ4v) is 2.83. The number of methoxy groups -OCH3 is 1. The molecule has 0 atom stereocenters. The van der Waals surface area contributed by atoms with Gasteiger partial charge in [0.1, 0.15) is 11.6 Å². The molecule has 2 aromatic rings. The second-order valence-corrected chi connectivity index (χ2v) is 5.68. The van der Waals surface area contributed by atoms with Crippen molar-refractivity contribution < 1.29 is 13.9 Å².